The van der Waals surface area contributed by atoms with E-state index in [1.54, 1.807) is 7.11 Å². The number of amides is 1. The van der Waals surface area contributed by atoms with E-state index in [1.807, 2.05) is 56.3 Å². The molecule has 0 saturated heterocycles. The van der Waals surface area contributed by atoms with Gasteiger partial charge in [-0.2, -0.15) is 0 Å². The highest BCUT2D eigenvalue weighted by molar-refractivity contribution is 5.93. The van der Waals surface area contributed by atoms with E-state index in [0.717, 1.165) is 24.3 Å². The Hall–Kier alpha value is -2.53. The first-order valence-electron chi connectivity index (χ1n) is 9.43. The van der Waals surface area contributed by atoms with Crippen molar-refractivity contribution in [3.05, 3.63) is 54.1 Å². The Bertz CT molecular complexity index is 731. The molecule has 146 valence electrons. The molecule has 0 heterocycles. The van der Waals surface area contributed by atoms with E-state index in [2.05, 4.69) is 23.2 Å². The number of rotatable bonds is 10. The zero-order valence-electron chi connectivity index (χ0n) is 16.7. The Morgan fingerprint density at radius 1 is 1.07 bits per heavy atom. The van der Waals surface area contributed by atoms with Gasteiger partial charge in [0.05, 0.1) is 25.4 Å². The summed E-state index contributed by atoms with van der Waals surface area (Å²) >= 11 is 0. The van der Waals surface area contributed by atoms with Crippen LogP contribution >= 0.6 is 0 Å². The molecule has 0 atom stereocenters. The highest BCUT2D eigenvalue weighted by Gasteiger charge is 2.15. The molecule has 0 fully saturated rings. The molecule has 0 aromatic heterocycles. The van der Waals surface area contributed by atoms with Crippen molar-refractivity contribution >= 4 is 11.6 Å². The molecule has 1 N–H and O–H groups in total. The second-order valence-electron chi connectivity index (χ2n) is 6.73. The quantitative estimate of drug-likeness (QED) is 0.676. The van der Waals surface area contributed by atoms with Gasteiger partial charge in [0, 0.05) is 12.1 Å². The van der Waals surface area contributed by atoms with Gasteiger partial charge < -0.3 is 14.8 Å². The van der Waals surface area contributed by atoms with Gasteiger partial charge in [0.25, 0.3) is 0 Å². The average Bonchev–Trinajstić information content (AvgIpc) is 2.63. The minimum absolute atomic E-state index is 0.0600. The van der Waals surface area contributed by atoms with Crippen LogP contribution in [0.3, 0.4) is 0 Å². The molecule has 2 aromatic carbocycles. The van der Waals surface area contributed by atoms with Crippen LogP contribution in [-0.4, -0.2) is 37.1 Å². The number of carbonyl (C=O) groups excluding carboxylic acids is 1. The van der Waals surface area contributed by atoms with Crippen molar-refractivity contribution in [1.29, 1.82) is 0 Å². The molecule has 0 aliphatic carbocycles. The summed E-state index contributed by atoms with van der Waals surface area (Å²) in [6.45, 7) is 7.94. The van der Waals surface area contributed by atoms with Crippen LogP contribution in [0.15, 0.2) is 48.5 Å². The van der Waals surface area contributed by atoms with Gasteiger partial charge in [-0.25, -0.2) is 0 Å². The highest BCUT2D eigenvalue weighted by atomic mass is 16.5. The number of benzene rings is 2. The smallest absolute Gasteiger partial charge is 0.238 e. The summed E-state index contributed by atoms with van der Waals surface area (Å²) in [7, 11) is 1.60. The molecule has 27 heavy (non-hydrogen) atoms. The maximum atomic E-state index is 12.6. The van der Waals surface area contributed by atoms with Crippen LogP contribution < -0.4 is 14.8 Å². The standard InChI is InChI=1S/C22H30N2O3/c1-5-14-24(15-18-10-6-8-12-20(18)27-17(2)3)16-22(25)23-19-11-7-9-13-21(19)26-4/h6-13,17H,5,14-16H2,1-4H3,(H,23,25). The molecule has 1 amide bonds. The SMILES string of the molecule is CCCN(CC(=O)Nc1ccccc1OC)Cc1ccccc1OC(C)C. The first kappa shape index (κ1) is 20.8. The predicted octanol–water partition coefficient (Wildman–Crippen LogP) is 4.33. The summed E-state index contributed by atoms with van der Waals surface area (Å²) in [4.78, 5) is 14.7. The van der Waals surface area contributed by atoms with Gasteiger partial charge in [-0.15, -0.1) is 0 Å². The number of nitrogens with zero attached hydrogens (tertiary/aromatic N) is 1. The highest BCUT2D eigenvalue weighted by Crippen LogP contribution is 2.24. The number of hydrogen-bond donors (Lipinski definition) is 1. The number of hydrogen-bond acceptors (Lipinski definition) is 4. The third-order valence-corrected chi connectivity index (χ3v) is 4.02. The number of carbonyl (C=O) groups is 1. The lowest BCUT2D eigenvalue weighted by atomic mass is 10.1. The molecule has 2 aromatic rings. The Kier molecular flexibility index (Phi) is 8.14. The average molecular weight is 370 g/mol. The second kappa shape index (κ2) is 10.6. The summed E-state index contributed by atoms with van der Waals surface area (Å²) in [6.07, 6.45) is 1.08. The fourth-order valence-corrected chi connectivity index (χ4v) is 2.92. The van der Waals surface area contributed by atoms with Crippen LogP contribution in [0.4, 0.5) is 5.69 Å². The summed E-state index contributed by atoms with van der Waals surface area (Å²) < 4.78 is 11.2. The van der Waals surface area contributed by atoms with Crippen LogP contribution in [0.5, 0.6) is 11.5 Å². The number of para-hydroxylation sites is 3. The van der Waals surface area contributed by atoms with Crippen LogP contribution in [0, 0.1) is 0 Å². The third kappa shape index (κ3) is 6.61. The van der Waals surface area contributed by atoms with Crippen molar-refractivity contribution in [2.24, 2.45) is 0 Å². The van der Waals surface area contributed by atoms with Crippen molar-refractivity contribution in [3.8, 4) is 11.5 Å². The molecule has 0 spiro atoms. The first-order chi connectivity index (χ1) is 13.0. The molecule has 0 saturated carbocycles. The minimum atomic E-state index is -0.0600. The molecule has 2 rings (SSSR count). The summed E-state index contributed by atoms with van der Waals surface area (Å²) in [6, 6.07) is 15.4. The van der Waals surface area contributed by atoms with E-state index in [9.17, 15) is 4.79 Å². The van der Waals surface area contributed by atoms with Gasteiger partial charge in [-0.05, 0) is 45.0 Å². The lowest BCUT2D eigenvalue weighted by Gasteiger charge is -2.23. The molecule has 0 bridgehead atoms. The number of anilines is 1. The van der Waals surface area contributed by atoms with E-state index in [0.29, 0.717) is 24.5 Å². The lowest BCUT2D eigenvalue weighted by Crippen LogP contribution is -2.33. The van der Waals surface area contributed by atoms with Crippen molar-refractivity contribution < 1.29 is 14.3 Å². The topological polar surface area (TPSA) is 50.8 Å². The zero-order valence-corrected chi connectivity index (χ0v) is 16.7. The fourth-order valence-electron chi connectivity index (χ4n) is 2.92. The summed E-state index contributed by atoms with van der Waals surface area (Å²) in [5.41, 5.74) is 1.77. The van der Waals surface area contributed by atoms with E-state index in [4.69, 9.17) is 9.47 Å². The normalized spacial score (nSPS) is 10.9. The molecule has 5 nitrogen and oxygen atoms in total. The largest absolute Gasteiger partial charge is 0.495 e. The lowest BCUT2D eigenvalue weighted by molar-refractivity contribution is -0.117. The van der Waals surface area contributed by atoms with E-state index in [-0.39, 0.29) is 12.0 Å². The van der Waals surface area contributed by atoms with E-state index in [1.165, 1.54) is 0 Å². The van der Waals surface area contributed by atoms with Gasteiger partial charge in [0.15, 0.2) is 0 Å². The van der Waals surface area contributed by atoms with Crippen LogP contribution in [0.2, 0.25) is 0 Å². The molecule has 0 unspecified atom stereocenters. The Balaban J connectivity index is 2.06. The number of ether oxygens (including phenoxy) is 2. The van der Waals surface area contributed by atoms with E-state index < -0.39 is 0 Å². The molecule has 0 aliphatic rings. The number of nitrogens with one attached hydrogen (secondary N) is 1. The summed E-state index contributed by atoms with van der Waals surface area (Å²) in [5, 5.41) is 2.95. The minimum Gasteiger partial charge on any atom is -0.495 e. The van der Waals surface area contributed by atoms with Crippen LogP contribution in [-0.2, 0) is 11.3 Å². The Morgan fingerprint density at radius 3 is 2.41 bits per heavy atom. The van der Waals surface area contributed by atoms with Gasteiger partial charge in [-0.3, -0.25) is 9.69 Å². The Morgan fingerprint density at radius 2 is 1.74 bits per heavy atom. The van der Waals surface area contributed by atoms with Crippen molar-refractivity contribution in [2.45, 2.75) is 39.8 Å². The first-order valence-corrected chi connectivity index (χ1v) is 9.43. The summed E-state index contributed by atoms with van der Waals surface area (Å²) in [5.74, 6) is 1.47. The van der Waals surface area contributed by atoms with Crippen molar-refractivity contribution in [3.63, 3.8) is 0 Å². The fraction of sp³-hybridized carbons (Fsp3) is 0.409. The van der Waals surface area contributed by atoms with Crippen LogP contribution in [0.25, 0.3) is 0 Å². The maximum Gasteiger partial charge on any atom is 0.238 e. The van der Waals surface area contributed by atoms with Gasteiger partial charge in [0.1, 0.15) is 11.5 Å². The molecule has 0 radical (unpaired) electrons. The predicted molar refractivity (Wildman–Crippen MR) is 109 cm³/mol. The van der Waals surface area contributed by atoms with Gasteiger partial charge in [-0.1, -0.05) is 37.3 Å². The van der Waals surface area contributed by atoms with Crippen LogP contribution in [0.1, 0.15) is 32.8 Å². The van der Waals surface area contributed by atoms with Gasteiger partial charge >= 0.3 is 0 Å². The number of methoxy groups -OCH3 is 1. The maximum absolute atomic E-state index is 12.6. The van der Waals surface area contributed by atoms with Crippen molar-refractivity contribution in [2.75, 3.05) is 25.5 Å². The third-order valence-electron chi connectivity index (χ3n) is 4.02. The molecular formula is C22H30N2O3. The molecular weight excluding hydrogens is 340 g/mol. The van der Waals surface area contributed by atoms with Gasteiger partial charge in [0.2, 0.25) is 5.91 Å². The Labute approximate surface area is 162 Å². The van der Waals surface area contributed by atoms with Crippen molar-refractivity contribution in [1.82, 2.24) is 4.90 Å². The second-order valence-corrected chi connectivity index (χ2v) is 6.73. The molecule has 0 aliphatic heterocycles. The monoisotopic (exact) mass is 370 g/mol. The molecule has 5 heteroatoms. The zero-order chi connectivity index (χ0) is 19.6. The van der Waals surface area contributed by atoms with E-state index >= 15 is 0 Å².